The van der Waals surface area contributed by atoms with Crippen molar-refractivity contribution in [1.29, 1.82) is 0 Å². The summed E-state index contributed by atoms with van der Waals surface area (Å²) in [5.74, 6) is -3.57. The zero-order valence-electron chi connectivity index (χ0n) is 24.5. The van der Waals surface area contributed by atoms with E-state index in [1.807, 2.05) is 27.7 Å². The first-order valence-electron chi connectivity index (χ1n) is 14.0. The molecule has 39 heavy (non-hydrogen) atoms. The fraction of sp³-hybridized carbons (Fsp3) is 0.733. The first kappa shape index (κ1) is 30.9. The molecule has 0 aromatic heterocycles. The second-order valence-corrected chi connectivity index (χ2v) is 11.6. The van der Waals surface area contributed by atoms with Crippen LogP contribution in [0.15, 0.2) is 23.8 Å². The summed E-state index contributed by atoms with van der Waals surface area (Å²) in [6.45, 7) is 18.7. The second kappa shape index (κ2) is 12.2. The van der Waals surface area contributed by atoms with Gasteiger partial charge in [-0.3, -0.25) is 14.4 Å². The number of esters is 4. The number of allylic oxidation sites excluding steroid dienone is 1. The Hall–Kier alpha value is -2.68. The fourth-order valence-corrected chi connectivity index (χ4v) is 6.31. The van der Waals surface area contributed by atoms with Crippen LogP contribution < -0.4 is 0 Å². The highest BCUT2D eigenvalue weighted by atomic mass is 16.6. The molecule has 0 spiro atoms. The van der Waals surface area contributed by atoms with Crippen LogP contribution in [0.1, 0.15) is 74.7 Å². The van der Waals surface area contributed by atoms with E-state index in [4.69, 9.17) is 23.7 Å². The zero-order valence-corrected chi connectivity index (χ0v) is 24.5. The Kier molecular flexibility index (Phi) is 9.68. The molecule has 0 N–H and O–H groups in total. The van der Waals surface area contributed by atoms with Crippen molar-refractivity contribution in [2.24, 2.45) is 29.6 Å². The molecule has 3 fully saturated rings. The average Bonchev–Trinajstić information content (AvgIpc) is 3.48. The molecule has 10 atom stereocenters. The van der Waals surface area contributed by atoms with Gasteiger partial charge in [-0.15, -0.1) is 0 Å². The summed E-state index contributed by atoms with van der Waals surface area (Å²) in [6.07, 6.45) is 0.159. The monoisotopic (exact) mass is 548 g/mol. The topological polar surface area (TPSA) is 118 Å². The molecule has 2 unspecified atom stereocenters. The average molecular weight is 549 g/mol. The summed E-state index contributed by atoms with van der Waals surface area (Å²) < 4.78 is 29.5. The Labute approximate surface area is 231 Å². The minimum absolute atomic E-state index is 0.254. The molecule has 0 aromatic rings. The molecule has 218 valence electrons. The maximum atomic E-state index is 13.2. The van der Waals surface area contributed by atoms with Crippen molar-refractivity contribution in [3.8, 4) is 0 Å². The molecule has 1 aliphatic heterocycles. The molecular formula is C30H44O9. The van der Waals surface area contributed by atoms with Gasteiger partial charge in [0.2, 0.25) is 0 Å². The van der Waals surface area contributed by atoms with E-state index in [9.17, 15) is 19.2 Å². The summed E-state index contributed by atoms with van der Waals surface area (Å²) in [5.41, 5.74) is 0.768. The predicted octanol–water partition coefficient (Wildman–Crippen LogP) is 4.32. The molecule has 9 heteroatoms. The lowest BCUT2D eigenvalue weighted by Crippen LogP contribution is -2.57. The van der Waals surface area contributed by atoms with Gasteiger partial charge in [0.25, 0.3) is 0 Å². The molecule has 0 aromatic carbocycles. The molecule has 2 aliphatic carbocycles. The van der Waals surface area contributed by atoms with Crippen LogP contribution in [0.5, 0.6) is 0 Å². The third kappa shape index (κ3) is 6.73. The molecule has 3 rings (SSSR count). The van der Waals surface area contributed by atoms with Gasteiger partial charge in [-0.2, -0.15) is 0 Å². The van der Waals surface area contributed by atoms with E-state index in [2.05, 4.69) is 6.58 Å². The number of ether oxygens (including phenoxy) is 5. The van der Waals surface area contributed by atoms with Crippen LogP contribution in [0, 0.1) is 29.6 Å². The van der Waals surface area contributed by atoms with Gasteiger partial charge in [-0.25, -0.2) is 4.79 Å². The van der Waals surface area contributed by atoms with Crippen LogP contribution in [-0.2, 0) is 42.9 Å². The molecule has 0 bridgehead atoms. The Bertz CT molecular complexity index is 1010. The van der Waals surface area contributed by atoms with Gasteiger partial charge in [0, 0.05) is 31.8 Å². The Morgan fingerprint density at radius 2 is 1.72 bits per heavy atom. The molecule has 2 saturated carbocycles. The van der Waals surface area contributed by atoms with Gasteiger partial charge >= 0.3 is 23.9 Å². The number of carbonyl (C=O) groups is 4. The first-order chi connectivity index (χ1) is 18.2. The summed E-state index contributed by atoms with van der Waals surface area (Å²) >= 11 is 0. The lowest BCUT2D eigenvalue weighted by molar-refractivity contribution is -0.185. The third-order valence-corrected chi connectivity index (χ3v) is 8.68. The SMILES string of the molecule is C=C1[C@@H]2C[C@H](OC(C)=O)[C@H](C(C)OC(C)=O)[C@H]2[C@H]([C@@]2(C)CO2)[C@@H](OC(=O)C(C)CC)[C@H]1OC(=O)/C=C(\C)CC. The Morgan fingerprint density at radius 1 is 1.08 bits per heavy atom. The van der Waals surface area contributed by atoms with Gasteiger partial charge in [-0.1, -0.05) is 32.9 Å². The maximum absolute atomic E-state index is 13.2. The van der Waals surface area contributed by atoms with Crippen molar-refractivity contribution in [2.45, 2.75) is 105 Å². The molecule has 0 amide bonds. The van der Waals surface area contributed by atoms with Crippen LogP contribution >= 0.6 is 0 Å². The molecular weight excluding hydrogens is 504 g/mol. The van der Waals surface area contributed by atoms with E-state index in [1.165, 1.54) is 19.9 Å². The van der Waals surface area contributed by atoms with Crippen LogP contribution in [0.4, 0.5) is 0 Å². The minimum Gasteiger partial charge on any atom is -0.462 e. The van der Waals surface area contributed by atoms with Crippen molar-refractivity contribution in [3.63, 3.8) is 0 Å². The van der Waals surface area contributed by atoms with Crippen molar-refractivity contribution >= 4 is 23.9 Å². The van der Waals surface area contributed by atoms with Crippen molar-refractivity contribution < 1.29 is 42.9 Å². The van der Waals surface area contributed by atoms with E-state index >= 15 is 0 Å². The van der Waals surface area contributed by atoms with Crippen molar-refractivity contribution in [1.82, 2.24) is 0 Å². The number of rotatable bonds is 10. The fourth-order valence-electron chi connectivity index (χ4n) is 6.31. The van der Waals surface area contributed by atoms with Crippen molar-refractivity contribution in [3.05, 3.63) is 23.8 Å². The number of hydrogen-bond acceptors (Lipinski definition) is 9. The van der Waals surface area contributed by atoms with Gasteiger partial charge < -0.3 is 23.7 Å². The normalized spacial score (nSPS) is 35.3. The minimum atomic E-state index is -0.917. The largest absolute Gasteiger partial charge is 0.462 e. The van der Waals surface area contributed by atoms with E-state index in [0.717, 1.165) is 5.57 Å². The number of fused-ring (bicyclic) bond motifs is 1. The Morgan fingerprint density at radius 3 is 2.23 bits per heavy atom. The molecule has 0 radical (unpaired) electrons. The molecule has 1 heterocycles. The maximum Gasteiger partial charge on any atom is 0.331 e. The summed E-state index contributed by atoms with van der Waals surface area (Å²) in [6, 6.07) is 0. The summed E-state index contributed by atoms with van der Waals surface area (Å²) in [7, 11) is 0. The highest BCUT2D eigenvalue weighted by Crippen LogP contribution is 2.59. The zero-order chi connectivity index (χ0) is 29.2. The number of epoxide rings is 1. The van der Waals surface area contributed by atoms with E-state index in [1.54, 1.807) is 13.8 Å². The highest BCUT2D eigenvalue weighted by molar-refractivity contribution is 5.83. The van der Waals surface area contributed by atoms with Gasteiger partial charge in [0.05, 0.1) is 18.1 Å². The van der Waals surface area contributed by atoms with Crippen LogP contribution in [0.3, 0.4) is 0 Å². The first-order valence-corrected chi connectivity index (χ1v) is 14.0. The molecule has 1 saturated heterocycles. The predicted molar refractivity (Wildman–Crippen MR) is 142 cm³/mol. The van der Waals surface area contributed by atoms with Gasteiger partial charge in [0.15, 0.2) is 6.10 Å². The van der Waals surface area contributed by atoms with E-state index < -0.39 is 65.7 Å². The van der Waals surface area contributed by atoms with Crippen molar-refractivity contribution in [2.75, 3.05) is 6.61 Å². The lowest BCUT2D eigenvalue weighted by Gasteiger charge is -2.48. The standard InChI is InChI=1S/C30H44O9/c1-10-15(3)12-23(33)38-27-17(5)21-13-22(37-20(8)32)24(18(6)36-19(7)31)25(21)26(30(9)14-35-30)28(27)39-29(34)16(4)11-2/h12,16,18,21-22,24-28H,5,10-11,13-14H2,1-4,6-9H3/b15-12+/t16?,18?,21-,22-,24-,25-,26-,27-,28+,30+/m0/s1. The van der Waals surface area contributed by atoms with E-state index in [-0.39, 0.29) is 17.8 Å². The highest BCUT2D eigenvalue weighted by Gasteiger charge is 2.67. The number of hydrogen-bond donors (Lipinski definition) is 0. The van der Waals surface area contributed by atoms with Crippen LogP contribution in [-0.4, -0.2) is 60.5 Å². The smallest absolute Gasteiger partial charge is 0.331 e. The quantitative estimate of drug-likeness (QED) is 0.129. The molecule has 3 aliphatic rings. The lowest BCUT2D eigenvalue weighted by atomic mass is 9.61. The molecule has 9 nitrogen and oxygen atoms in total. The summed E-state index contributed by atoms with van der Waals surface area (Å²) in [4.78, 5) is 50.2. The van der Waals surface area contributed by atoms with Crippen LogP contribution in [0.25, 0.3) is 0 Å². The van der Waals surface area contributed by atoms with Gasteiger partial charge in [-0.05, 0) is 57.4 Å². The third-order valence-electron chi connectivity index (χ3n) is 8.68. The Balaban J connectivity index is 2.12. The summed E-state index contributed by atoms with van der Waals surface area (Å²) in [5, 5.41) is 0. The number of carbonyl (C=O) groups excluding carboxylic acids is 4. The second-order valence-electron chi connectivity index (χ2n) is 11.6. The van der Waals surface area contributed by atoms with Crippen LogP contribution in [0.2, 0.25) is 0 Å². The van der Waals surface area contributed by atoms with E-state index in [0.29, 0.717) is 31.4 Å². The van der Waals surface area contributed by atoms with Gasteiger partial charge in [0.1, 0.15) is 18.3 Å².